The van der Waals surface area contributed by atoms with Gasteiger partial charge >= 0.3 is 0 Å². The quantitative estimate of drug-likeness (QED) is 0.847. The lowest BCUT2D eigenvalue weighted by molar-refractivity contribution is 0.0845. The van der Waals surface area contributed by atoms with E-state index in [-0.39, 0.29) is 0 Å². The average Bonchev–Trinajstić information content (AvgIpc) is 2.74. The number of pyridine rings is 1. The van der Waals surface area contributed by atoms with Gasteiger partial charge in [-0.2, -0.15) is 11.8 Å². The maximum absolute atomic E-state index is 10.1. The number of fused-ring (bicyclic) bond motifs is 1. The van der Waals surface area contributed by atoms with Crippen molar-refractivity contribution < 1.29 is 5.11 Å². The minimum absolute atomic E-state index is 0.576. The largest absolute Gasteiger partial charge is 0.388 e. The van der Waals surface area contributed by atoms with Crippen molar-refractivity contribution in [2.24, 2.45) is 0 Å². The molecule has 0 saturated heterocycles. The molecule has 0 spiro atoms. The highest BCUT2D eigenvalue weighted by atomic mass is 32.2. The Morgan fingerprint density at radius 3 is 3.05 bits per heavy atom. The highest BCUT2D eigenvalue weighted by Crippen LogP contribution is 2.12. The highest BCUT2D eigenvalue weighted by molar-refractivity contribution is 7.98. The molecule has 2 heterocycles. The van der Waals surface area contributed by atoms with Gasteiger partial charge in [-0.1, -0.05) is 6.07 Å². The first kappa shape index (κ1) is 14.4. The number of imidazole rings is 1. The first-order valence-electron chi connectivity index (χ1n) is 6.37. The fourth-order valence-electron chi connectivity index (χ4n) is 2.15. The summed E-state index contributed by atoms with van der Waals surface area (Å²) in [7, 11) is 0. The molecule has 2 rings (SSSR count). The lowest BCUT2D eigenvalue weighted by atomic mass is 10.1. The van der Waals surface area contributed by atoms with E-state index in [4.69, 9.17) is 0 Å². The van der Waals surface area contributed by atoms with Crippen LogP contribution >= 0.6 is 11.8 Å². The molecule has 0 saturated carbocycles. The number of nitrogens with zero attached hydrogens (tertiary/aromatic N) is 2. The Bertz CT molecular complexity index is 551. The van der Waals surface area contributed by atoms with E-state index in [1.165, 1.54) is 5.56 Å². The summed E-state index contributed by atoms with van der Waals surface area (Å²) in [5, 5.41) is 13.4. The Morgan fingerprint density at radius 2 is 2.32 bits per heavy atom. The van der Waals surface area contributed by atoms with Crippen molar-refractivity contribution >= 4 is 17.4 Å². The van der Waals surface area contributed by atoms with E-state index in [1.54, 1.807) is 11.8 Å². The van der Waals surface area contributed by atoms with Crippen LogP contribution in [0.3, 0.4) is 0 Å². The minimum atomic E-state index is -0.671. The van der Waals surface area contributed by atoms with Crippen molar-refractivity contribution in [3.63, 3.8) is 0 Å². The van der Waals surface area contributed by atoms with Crippen LogP contribution in [0.15, 0.2) is 24.5 Å². The molecule has 0 bridgehead atoms. The van der Waals surface area contributed by atoms with Crippen molar-refractivity contribution in [2.75, 3.05) is 18.6 Å². The van der Waals surface area contributed by atoms with Crippen LogP contribution in [0.1, 0.15) is 18.2 Å². The number of aryl methyl sites for hydroxylation is 1. The predicted molar refractivity (Wildman–Crippen MR) is 80.6 cm³/mol. The van der Waals surface area contributed by atoms with Crippen LogP contribution in [-0.4, -0.2) is 38.6 Å². The molecule has 1 atom stereocenters. The van der Waals surface area contributed by atoms with Gasteiger partial charge in [0.15, 0.2) is 0 Å². The summed E-state index contributed by atoms with van der Waals surface area (Å²) < 4.78 is 2.09. The summed E-state index contributed by atoms with van der Waals surface area (Å²) in [5.74, 6) is 0.728. The zero-order chi connectivity index (χ0) is 13.9. The van der Waals surface area contributed by atoms with Crippen molar-refractivity contribution in [3.05, 3.63) is 35.8 Å². The van der Waals surface area contributed by atoms with Crippen LogP contribution in [0, 0.1) is 6.92 Å². The summed E-state index contributed by atoms with van der Waals surface area (Å²) in [5.41, 5.74) is 2.60. The molecule has 0 aliphatic carbocycles. The van der Waals surface area contributed by atoms with Crippen LogP contribution < -0.4 is 5.32 Å². The Labute approximate surface area is 118 Å². The molecule has 0 radical (unpaired) electrons. The molecule has 2 N–H and O–H groups in total. The molecule has 4 nitrogen and oxygen atoms in total. The molecule has 0 aromatic carbocycles. The lowest BCUT2D eigenvalue weighted by Crippen LogP contribution is -2.39. The fraction of sp³-hybridized carbons (Fsp3) is 0.500. The minimum Gasteiger partial charge on any atom is -0.388 e. The normalized spacial score (nSPS) is 14.7. The second kappa shape index (κ2) is 5.94. The number of aliphatic hydroxyl groups is 1. The molecule has 0 aliphatic rings. The van der Waals surface area contributed by atoms with Gasteiger partial charge < -0.3 is 14.8 Å². The molecule has 5 heteroatoms. The Hall–Kier alpha value is -1.04. The summed E-state index contributed by atoms with van der Waals surface area (Å²) in [6, 6.07) is 4.08. The summed E-state index contributed by atoms with van der Waals surface area (Å²) >= 11 is 1.65. The first-order chi connectivity index (χ1) is 9.03. The molecule has 19 heavy (non-hydrogen) atoms. The number of aromatic nitrogens is 2. The molecule has 0 aliphatic heterocycles. The van der Waals surface area contributed by atoms with Gasteiger partial charge in [-0.05, 0) is 31.7 Å². The molecule has 0 fully saturated rings. The third kappa shape index (κ3) is 3.49. The number of hydrogen-bond acceptors (Lipinski definition) is 4. The van der Waals surface area contributed by atoms with Gasteiger partial charge in [-0.3, -0.25) is 0 Å². The number of nitrogens with one attached hydrogen (secondary N) is 1. The number of thioether (sulfide) groups is 1. The van der Waals surface area contributed by atoms with Gasteiger partial charge in [-0.15, -0.1) is 0 Å². The summed E-state index contributed by atoms with van der Waals surface area (Å²) in [6.07, 6.45) is 5.91. The molecular formula is C14H21N3OS. The van der Waals surface area contributed by atoms with Crippen molar-refractivity contribution in [1.29, 1.82) is 0 Å². The highest BCUT2D eigenvalue weighted by Gasteiger charge is 2.18. The lowest BCUT2D eigenvalue weighted by Gasteiger charge is -2.22. The van der Waals surface area contributed by atoms with Gasteiger partial charge in [0.1, 0.15) is 5.65 Å². The molecule has 2 aromatic heterocycles. The van der Waals surface area contributed by atoms with Crippen molar-refractivity contribution in [3.8, 4) is 0 Å². The maximum atomic E-state index is 10.1. The van der Waals surface area contributed by atoms with E-state index in [0.29, 0.717) is 13.1 Å². The predicted octanol–water partition coefficient (Wildman–Crippen LogP) is 1.85. The van der Waals surface area contributed by atoms with Gasteiger partial charge in [-0.25, -0.2) is 4.98 Å². The van der Waals surface area contributed by atoms with Crippen LogP contribution in [0.4, 0.5) is 0 Å². The molecule has 0 amide bonds. The molecule has 1 unspecified atom stereocenters. The zero-order valence-corrected chi connectivity index (χ0v) is 12.5. The van der Waals surface area contributed by atoms with E-state index >= 15 is 0 Å². The van der Waals surface area contributed by atoms with Gasteiger partial charge in [0, 0.05) is 25.0 Å². The molecule has 2 aromatic rings. The smallest absolute Gasteiger partial charge is 0.139 e. The van der Waals surface area contributed by atoms with Crippen LogP contribution in [-0.2, 0) is 6.54 Å². The SMILES string of the molecule is CSCC(C)(O)CNCc1cnc2c(C)cccn12. The Morgan fingerprint density at radius 1 is 1.53 bits per heavy atom. The van der Waals surface area contributed by atoms with Crippen LogP contribution in [0.5, 0.6) is 0 Å². The molecular weight excluding hydrogens is 258 g/mol. The summed E-state index contributed by atoms with van der Waals surface area (Å²) in [4.78, 5) is 4.43. The second-order valence-electron chi connectivity index (χ2n) is 5.17. The van der Waals surface area contributed by atoms with E-state index in [0.717, 1.165) is 17.1 Å². The van der Waals surface area contributed by atoms with Gasteiger partial charge in [0.05, 0.1) is 17.5 Å². The van der Waals surface area contributed by atoms with Crippen molar-refractivity contribution in [2.45, 2.75) is 26.0 Å². The topological polar surface area (TPSA) is 49.6 Å². The van der Waals surface area contributed by atoms with E-state index in [9.17, 15) is 5.11 Å². The average molecular weight is 279 g/mol. The fourth-order valence-corrected chi connectivity index (χ4v) is 2.88. The second-order valence-corrected chi connectivity index (χ2v) is 6.03. The standard InChI is InChI=1S/C14H21N3OS/c1-11-5-4-6-17-12(8-16-13(11)17)7-15-9-14(2,18)10-19-3/h4-6,8,15,18H,7,9-10H2,1-3H3. The molecule has 104 valence electrons. The van der Waals surface area contributed by atoms with Crippen LogP contribution in [0.2, 0.25) is 0 Å². The first-order valence-corrected chi connectivity index (χ1v) is 7.76. The third-order valence-electron chi connectivity index (χ3n) is 3.07. The zero-order valence-electron chi connectivity index (χ0n) is 11.7. The van der Waals surface area contributed by atoms with Crippen molar-refractivity contribution in [1.82, 2.24) is 14.7 Å². The van der Waals surface area contributed by atoms with Gasteiger partial charge in [0.2, 0.25) is 0 Å². The van der Waals surface area contributed by atoms with Gasteiger partial charge in [0.25, 0.3) is 0 Å². The maximum Gasteiger partial charge on any atom is 0.139 e. The van der Waals surface area contributed by atoms with E-state index in [2.05, 4.69) is 27.7 Å². The van der Waals surface area contributed by atoms with Crippen LogP contribution in [0.25, 0.3) is 5.65 Å². The third-order valence-corrected chi connectivity index (χ3v) is 3.99. The Kier molecular flexibility index (Phi) is 4.50. The summed E-state index contributed by atoms with van der Waals surface area (Å²) in [6.45, 7) is 5.19. The Balaban J connectivity index is 2.01. The number of rotatable bonds is 6. The monoisotopic (exact) mass is 279 g/mol. The number of hydrogen-bond donors (Lipinski definition) is 2. The van der Waals surface area contributed by atoms with E-state index in [1.807, 2.05) is 31.6 Å². The van der Waals surface area contributed by atoms with E-state index < -0.39 is 5.60 Å².